The van der Waals surface area contributed by atoms with E-state index in [0.29, 0.717) is 0 Å². The van der Waals surface area contributed by atoms with Crippen LogP contribution >= 0.6 is 15.9 Å². The smallest absolute Gasteiger partial charge is 0.0649 e. The van der Waals surface area contributed by atoms with Crippen LogP contribution in [0.5, 0.6) is 0 Å². The summed E-state index contributed by atoms with van der Waals surface area (Å²) >= 11 is 3.52. The molecule has 0 bridgehead atoms. The van der Waals surface area contributed by atoms with Gasteiger partial charge >= 0.3 is 0 Å². The molecule has 0 unspecified atom stereocenters. The highest BCUT2D eigenvalue weighted by atomic mass is 79.9. The fourth-order valence-electron chi connectivity index (χ4n) is 1.90. The molecule has 0 saturated carbocycles. The number of hydrogen-bond donors (Lipinski definition) is 1. The molecule has 1 heterocycles. The Kier molecular flexibility index (Phi) is 4.19. The summed E-state index contributed by atoms with van der Waals surface area (Å²) in [6, 6.07) is 6.28. The third-order valence-electron chi connectivity index (χ3n) is 3.05. The Labute approximate surface area is 116 Å². The molecule has 1 aromatic heterocycles. The minimum Gasteiger partial charge on any atom is -0.319 e. The zero-order valence-electron chi connectivity index (χ0n) is 11.0. The predicted octanol–water partition coefficient (Wildman–Crippen LogP) is 3.01. The summed E-state index contributed by atoms with van der Waals surface area (Å²) in [6.07, 6.45) is 3.13. The molecular formula is C14H18BrN3. The van der Waals surface area contributed by atoms with E-state index < -0.39 is 0 Å². The fourth-order valence-corrected chi connectivity index (χ4v) is 2.15. The molecule has 3 nitrogen and oxygen atoms in total. The van der Waals surface area contributed by atoms with E-state index in [0.717, 1.165) is 28.8 Å². The molecule has 0 spiro atoms. The molecular weight excluding hydrogens is 290 g/mol. The van der Waals surface area contributed by atoms with E-state index in [9.17, 15) is 0 Å². The number of aryl methyl sites for hydroxylation is 2. The average Bonchev–Trinajstić information content (AvgIpc) is 2.72. The zero-order valence-corrected chi connectivity index (χ0v) is 12.6. The first kappa shape index (κ1) is 13.3. The SMILES string of the molecule is CNCCc1cn(-c2ccc(Br)c(C)c2)nc1C. The topological polar surface area (TPSA) is 29.9 Å². The number of benzene rings is 1. The van der Waals surface area contributed by atoms with Gasteiger partial charge in [0.05, 0.1) is 11.4 Å². The number of nitrogens with zero attached hydrogens (tertiary/aromatic N) is 2. The van der Waals surface area contributed by atoms with Crippen molar-refractivity contribution in [3.63, 3.8) is 0 Å². The van der Waals surface area contributed by atoms with Crippen molar-refractivity contribution in [3.05, 3.63) is 45.7 Å². The number of nitrogens with one attached hydrogen (secondary N) is 1. The van der Waals surface area contributed by atoms with Crippen LogP contribution < -0.4 is 5.32 Å². The van der Waals surface area contributed by atoms with Gasteiger partial charge in [0, 0.05) is 10.7 Å². The van der Waals surface area contributed by atoms with Crippen LogP contribution in [0.3, 0.4) is 0 Å². The van der Waals surface area contributed by atoms with Gasteiger partial charge in [0.2, 0.25) is 0 Å². The normalized spacial score (nSPS) is 10.9. The lowest BCUT2D eigenvalue weighted by molar-refractivity contribution is 0.788. The molecule has 0 fully saturated rings. The number of aromatic nitrogens is 2. The lowest BCUT2D eigenvalue weighted by Gasteiger charge is -2.04. The molecule has 4 heteroatoms. The summed E-state index contributed by atoms with van der Waals surface area (Å²) in [5.74, 6) is 0. The molecule has 0 amide bonds. The van der Waals surface area contributed by atoms with E-state index >= 15 is 0 Å². The van der Waals surface area contributed by atoms with Crippen molar-refractivity contribution < 1.29 is 0 Å². The van der Waals surface area contributed by atoms with Gasteiger partial charge in [-0.3, -0.25) is 0 Å². The van der Waals surface area contributed by atoms with Crippen molar-refractivity contribution in [3.8, 4) is 5.69 Å². The summed E-state index contributed by atoms with van der Waals surface area (Å²) in [5.41, 5.74) is 4.72. The van der Waals surface area contributed by atoms with Crippen molar-refractivity contribution in [1.29, 1.82) is 0 Å². The van der Waals surface area contributed by atoms with Crippen LogP contribution in [0.1, 0.15) is 16.8 Å². The summed E-state index contributed by atoms with van der Waals surface area (Å²) in [7, 11) is 1.97. The van der Waals surface area contributed by atoms with Gasteiger partial charge in [-0.2, -0.15) is 5.10 Å². The van der Waals surface area contributed by atoms with E-state index in [1.165, 1.54) is 11.1 Å². The van der Waals surface area contributed by atoms with E-state index in [-0.39, 0.29) is 0 Å². The molecule has 96 valence electrons. The van der Waals surface area contributed by atoms with Gasteiger partial charge in [-0.25, -0.2) is 4.68 Å². The maximum atomic E-state index is 4.58. The summed E-state index contributed by atoms with van der Waals surface area (Å²) in [4.78, 5) is 0. The summed E-state index contributed by atoms with van der Waals surface area (Å²) in [5, 5.41) is 7.74. The molecule has 0 aliphatic carbocycles. The van der Waals surface area contributed by atoms with Crippen molar-refractivity contribution in [1.82, 2.24) is 15.1 Å². The molecule has 0 atom stereocenters. The van der Waals surface area contributed by atoms with Crippen molar-refractivity contribution in [2.24, 2.45) is 0 Å². The fraction of sp³-hybridized carbons (Fsp3) is 0.357. The molecule has 2 rings (SSSR count). The van der Waals surface area contributed by atoms with Gasteiger partial charge in [0.25, 0.3) is 0 Å². The molecule has 1 aromatic carbocycles. The van der Waals surface area contributed by atoms with E-state index in [4.69, 9.17) is 0 Å². The monoisotopic (exact) mass is 307 g/mol. The third-order valence-corrected chi connectivity index (χ3v) is 3.94. The minimum atomic E-state index is 0.978. The Morgan fingerprint density at radius 2 is 2.11 bits per heavy atom. The van der Waals surface area contributed by atoms with Gasteiger partial charge in [0.15, 0.2) is 0 Å². The second-order valence-electron chi connectivity index (χ2n) is 4.47. The molecule has 0 saturated heterocycles. The van der Waals surface area contributed by atoms with Crippen LogP contribution in [0, 0.1) is 13.8 Å². The molecule has 0 radical (unpaired) electrons. The highest BCUT2D eigenvalue weighted by Gasteiger charge is 2.06. The zero-order chi connectivity index (χ0) is 13.1. The van der Waals surface area contributed by atoms with Gasteiger partial charge in [-0.05, 0) is 63.2 Å². The molecule has 1 N–H and O–H groups in total. The predicted molar refractivity (Wildman–Crippen MR) is 78.4 cm³/mol. The largest absolute Gasteiger partial charge is 0.319 e. The van der Waals surface area contributed by atoms with Gasteiger partial charge in [-0.1, -0.05) is 15.9 Å². The Balaban J connectivity index is 2.30. The third kappa shape index (κ3) is 2.82. The highest BCUT2D eigenvalue weighted by molar-refractivity contribution is 9.10. The first-order chi connectivity index (χ1) is 8.61. The molecule has 0 aliphatic rings. The average molecular weight is 308 g/mol. The van der Waals surface area contributed by atoms with Crippen molar-refractivity contribution >= 4 is 15.9 Å². The Hall–Kier alpha value is -1.13. The molecule has 0 aliphatic heterocycles. The lowest BCUT2D eigenvalue weighted by atomic mass is 10.2. The first-order valence-corrected chi connectivity index (χ1v) is 6.87. The van der Waals surface area contributed by atoms with E-state index in [1.54, 1.807) is 0 Å². The molecule has 18 heavy (non-hydrogen) atoms. The number of likely N-dealkylation sites (N-methyl/N-ethyl adjacent to an activating group) is 1. The van der Waals surface area contributed by atoms with E-state index in [1.807, 2.05) is 11.7 Å². The quantitative estimate of drug-likeness (QED) is 0.941. The minimum absolute atomic E-state index is 0.978. The van der Waals surface area contributed by atoms with Crippen LogP contribution in [-0.2, 0) is 6.42 Å². The summed E-state index contributed by atoms with van der Waals surface area (Å²) in [6.45, 7) is 5.13. The summed E-state index contributed by atoms with van der Waals surface area (Å²) < 4.78 is 3.09. The number of halogens is 1. The van der Waals surface area contributed by atoms with Gasteiger partial charge in [0.1, 0.15) is 0 Å². The Bertz CT molecular complexity index is 546. The second-order valence-corrected chi connectivity index (χ2v) is 5.33. The first-order valence-electron chi connectivity index (χ1n) is 6.08. The van der Waals surface area contributed by atoms with Crippen molar-refractivity contribution in [2.45, 2.75) is 20.3 Å². The van der Waals surface area contributed by atoms with Crippen LogP contribution in [0.15, 0.2) is 28.9 Å². The Morgan fingerprint density at radius 1 is 1.33 bits per heavy atom. The van der Waals surface area contributed by atoms with Crippen LogP contribution in [0.2, 0.25) is 0 Å². The van der Waals surface area contributed by atoms with Crippen molar-refractivity contribution in [2.75, 3.05) is 13.6 Å². The number of hydrogen-bond acceptors (Lipinski definition) is 2. The standard InChI is InChI=1S/C14H18BrN3/c1-10-8-13(4-5-14(10)15)18-9-12(6-7-16-3)11(2)17-18/h4-5,8-9,16H,6-7H2,1-3H3. The Morgan fingerprint density at radius 3 is 2.78 bits per heavy atom. The van der Waals surface area contributed by atoms with E-state index in [2.05, 4.69) is 64.6 Å². The second kappa shape index (κ2) is 5.67. The maximum Gasteiger partial charge on any atom is 0.0649 e. The number of rotatable bonds is 4. The van der Waals surface area contributed by atoms with Crippen LogP contribution in [-0.4, -0.2) is 23.4 Å². The van der Waals surface area contributed by atoms with Gasteiger partial charge < -0.3 is 5.32 Å². The van der Waals surface area contributed by atoms with Crippen LogP contribution in [0.25, 0.3) is 5.69 Å². The maximum absolute atomic E-state index is 4.58. The highest BCUT2D eigenvalue weighted by Crippen LogP contribution is 2.20. The lowest BCUT2D eigenvalue weighted by Crippen LogP contribution is -2.10. The van der Waals surface area contributed by atoms with Crippen LogP contribution in [0.4, 0.5) is 0 Å². The molecule has 2 aromatic rings. The van der Waals surface area contributed by atoms with Gasteiger partial charge in [-0.15, -0.1) is 0 Å².